The van der Waals surface area contributed by atoms with Crippen molar-refractivity contribution in [2.24, 2.45) is 23.7 Å². The zero-order valence-corrected chi connectivity index (χ0v) is 15.0. The van der Waals surface area contributed by atoms with E-state index in [2.05, 4.69) is 54.1 Å². The molecule has 3 fully saturated rings. The highest BCUT2D eigenvalue weighted by molar-refractivity contribution is 5.82. The number of carbonyl (C=O) groups is 1. The van der Waals surface area contributed by atoms with Crippen LogP contribution in [0.2, 0.25) is 0 Å². The molecule has 1 aromatic carbocycles. The third kappa shape index (κ3) is 2.99. The van der Waals surface area contributed by atoms with Gasteiger partial charge in [-0.3, -0.25) is 9.69 Å². The first-order valence-corrected chi connectivity index (χ1v) is 9.68. The van der Waals surface area contributed by atoms with Gasteiger partial charge in [0.05, 0.1) is 0 Å². The molecule has 130 valence electrons. The Labute approximate surface area is 146 Å². The van der Waals surface area contributed by atoms with Crippen LogP contribution in [-0.2, 0) is 11.3 Å². The summed E-state index contributed by atoms with van der Waals surface area (Å²) in [6.45, 7) is 5.54. The van der Waals surface area contributed by atoms with Gasteiger partial charge in [0.2, 0.25) is 5.91 Å². The molecule has 2 saturated carbocycles. The predicted molar refractivity (Wildman–Crippen MR) is 96.4 cm³/mol. The maximum Gasteiger partial charge on any atom is 0.226 e. The highest BCUT2D eigenvalue weighted by Gasteiger charge is 2.57. The number of hydrogen-bond donors (Lipinski definition) is 0. The molecule has 5 atom stereocenters. The summed E-state index contributed by atoms with van der Waals surface area (Å²) in [5, 5.41) is 0. The molecule has 3 nitrogen and oxygen atoms in total. The first kappa shape index (κ1) is 16.1. The molecule has 1 aliphatic heterocycles. The summed E-state index contributed by atoms with van der Waals surface area (Å²) < 4.78 is 0. The molecule has 24 heavy (non-hydrogen) atoms. The van der Waals surface area contributed by atoms with Crippen molar-refractivity contribution in [1.82, 2.24) is 9.80 Å². The van der Waals surface area contributed by atoms with Crippen LogP contribution < -0.4 is 0 Å². The quantitative estimate of drug-likeness (QED) is 0.846. The number of nitrogens with zero attached hydrogens (tertiary/aromatic N) is 2. The van der Waals surface area contributed by atoms with Gasteiger partial charge in [0, 0.05) is 38.6 Å². The summed E-state index contributed by atoms with van der Waals surface area (Å²) >= 11 is 0. The van der Waals surface area contributed by atoms with E-state index < -0.39 is 0 Å². The summed E-state index contributed by atoms with van der Waals surface area (Å²) in [7, 11) is 2.06. The fourth-order valence-corrected chi connectivity index (χ4v) is 5.37. The van der Waals surface area contributed by atoms with E-state index >= 15 is 0 Å². The molecule has 1 amide bonds. The van der Waals surface area contributed by atoms with Crippen molar-refractivity contribution in [3.8, 4) is 0 Å². The first-order chi connectivity index (χ1) is 11.6. The Kier molecular flexibility index (Phi) is 4.38. The Balaban J connectivity index is 1.32. The number of carbonyl (C=O) groups excluding carboxylic acids is 1. The van der Waals surface area contributed by atoms with Crippen LogP contribution >= 0.6 is 0 Å². The Morgan fingerprint density at radius 2 is 1.88 bits per heavy atom. The van der Waals surface area contributed by atoms with Gasteiger partial charge < -0.3 is 4.90 Å². The van der Waals surface area contributed by atoms with E-state index in [1.807, 2.05) is 0 Å². The van der Waals surface area contributed by atoms with Crippen LogP contribution in [0.25, 0.3) is 0 Å². The van der Waals surface area contributed by atoms with Gasteiger partial charge >= 0.3 is 0 Å². The SMILES string of the molecule is C[C@@H]1CN(Cc2ccccc2)CC[C@H]1N(C)C(=O)C1[C@H]2CCC[C@@H]12. The maximum atomic E-state index is 12.8. The lowest BCUT2D eigenvalue weighted by Gasteiger charge is -2.41. The van der Waals surface area contributed by atoms with Crippen molar-refractivity contribution in [2.75, 3.05) is 20.1 Å². The van der Waals surface area contributed by atoms with Crippen molar-refractivity contribution >= 4 is 5.91 Å². The Morgan fingerprint density at radius 3 is 2.54 bits per heavy atom. The molecule has 3 aliphatic rings. The number of piperidine rings is 1. The first-order valence-electron chi connectivity index (χ1n) is 9.68. The average molecular weight is 326 g/mol. The molecular formula is C21H30N2O. The molecule has 0 bridgehead atoms. The molecule has 0 N–H and O–H groups in total. The summed E-state index contributed by atoms with van der Waals surface area (Å²) in [5.41, 5.74) is 1.39. The summed E-state index contributed by atoms with van der Waals surface area (Å²) in [6.07, 6.45) is 5.04. The Bertz CT molecular complexity index is 577. The second kappa shape index (κ2) is 6.51. The molecule has 1 unspecified atom stereocenters. The monoisotopic (exact) mass is 326 g/mol. The van der Waals surface area contributed by atoms with E-state index in [1.165, 1.54) is 24.8 Å². The standard InChI is InChI=1S/C21H30N2O/c1-15-13-23(14-16-7-4-3-5-8-16)12-11-19(15)22(2)21(24)20-17-9-6-10-18(17)20/h3-5,7-8,15,17-20H,6,9-14H2,1-2H3/t15-,17-,18+,19-,20?/m1/s1. The van der Waals surface area contributed by atoms with Crippen LogP contribution in [0.1, 0.15) is 38.2 Å². The number of likely N-dealkylation sites (tertiary alicyclic amines) is 1. The molecule has 3 heteroatoms. The average Bonchev–Trinajstić information content (AvgIpc) is 3.06. The molecule has 0 radical (unpaired) electrons. The third-order valence-electron chi connectivity index (χ3n) is 6.73. The van der Waals surface area contributed by atoms with Crippen molar-refractivity contribution in [3.05, 3.63) is 35.9 Å². The van der Waals surface area contributed by atoms with Gasteiger partial charge in [0.1, 0.15) is 0 Å². The van der Waals surface area contributed by atoms with E-state index in [1.54, 1.807) is 0 Å². The van der Waals surface area contributed by atoms with E-state index in [0.717, 1.165) is 37.9 Å². The van der Waals surface area contributed by atoms with Crippen LogP contribution in [0.4, 0.5) is 0 Å². The van der Waals surface area contributed by atoms with Crippen molar-refractivity contribution in [3.63, 3.8) is 0 Å². The van der Waals surface area contributed by atoms with E-state index in [0.29, 0.717) is 23.8 Å². The van der Waals surface area contributed by atoms with Gasteiger partial charge in [-0.2, -0.15) is 0 Å². The maximum absolute atomic E-state index is 12.8. The number of hydrogen-bond acceptors (Lipinski definition) is 2. The van der Waals surface area contributed by atoms with Crippen LogP contribution in [0.3, 0.4) is 0 Å². The van der Waals surface area contributed by atoms with Gasteiger partial charge in [-0.1, -0.05) is 43.7 Å². The third-order valence-corrected chi connectivity index (χ3v) is 6.73. The molecule has 0 aromatic heterocycles. The molecule has 4 rings (SSSR count). The lowest BCUT2D eigenvalue weighted by Crippen LogP contribution is -2.51. The van der Waals surface area contributed by atoms with Crippen LogP contribution in [0.15, 0.2) is 30.3 Å². The number of benzene rings is 1. The predicted octanol–water partition coefficient (Wildman–Crippen LogP) is 3.40. The van der Waals surface area contributed by atoms with Crippen molar-refractivity contribution in [1.29, 1.82) is 0 Å². The Morgan fingerprint density at radius 1 is 1.17 bits per heavy atom. The minimum Gasteiger partial charge on any atom is -0.342 e. The van der Waals surface area contributed by atoms with E-state index in [9.17, 15) is 4.79 Å². The van der Waals surface area contributed by atoms with E-state index in [-0.39, 0.29) is 0 Å². The second-order valence-corrected chi connectivity index (χ2v) is 8.29. The summed E-state index contributed by atoms with van der Waals surface area (Å²) in [6, 6.07) is 11.1. The highest BCUT2D eigenvalue weighted by atomic mass is 16.2. The normalized spacial score (nSPS) is 35.5. The van der Waals surface area contributed by atoms with Crippen LogP contribution in [-0.4, -0.2) is 41.9 Å². The minimum absolute atomic E-state index is 0.373. The van der Waals surface area contributed by atoms with E-state index in [4.69, 9.17) is 0 Å². The fraction of sp³-hybridized carbons (Fsp3) is 0.667. The molecular weight excluding hydrogens is 296 g/mol. The summed E-state index contributed by atoms with van der Waals surface area (Å²) in [5.74, 6) is 2.83. The fourth-order valence-electron chi connectivity index (χ4n) is 5.37. The lowest BCUT2D eigenvalue weighted by molar-refractivity contribution is -0.136. The second-order valence-electron chi connectivity index (χ2n) is 8.29. The zero-order valence-electron chi connectivity index (χ0n) is 15.0. The highest BCUT2D eigenvalue weighted by Crippen LogP contribution is 2.58. The lowest BCUT2D eigenvalue weighted by atomic mass is 9.91. The largest absolute Gasteiger partial charge is 0.342 e. The molecule has 1 aromatic rings. The Hall–Kier alpha value is -1.35. The van der Waals surface area contributed by atoms with Crippen molar-refractivity contribution in [2.45, 2.75) is 45.2 Å². The van der Waals surface area contributed by atoms with Gasteiger partial charge in [0.15, 0.2) is 0 Å². The topological polar surface area (TPSA) is 23.6 Å². The zero-order chi connectivity index (χ0) is 16.7. The molecule has 2 aliphatic carbocycles. The van der Waals surface area contributed by atoms with Gasteiger partial charge in [-0.25, -0.2) is 0 Å². The minimum atomic E-state index is 0.373. The number of rotatable bonds is 4. The number of fused-ring (bicyclic) bond motifs is 1. The van der Waals surface area contributed by atoms with Crippen LogP contribution in [0, 0.1) is 23.7 Å². The molecule has 0 spiro atoms. The molecule has 1 heterocycles. The van der Waals surface area contributed by atoms with Crippen LogP contribution in [0.5, 0.6) is 0 Å². The van der Waals surface area contributed by atoms with Gasteiger partial charge in [0.25, 0.3) is 0 Å². The number of amides is 1. The van der Waals surface area contributed by atoms with Crippen molar-refractivity contribution < 1.29 is 4.79 Å². The smallest absolute Gasteiger partial charge is 0.226 e. The van der Waals surface area contributed by atoms with Gasteiger partial charge in [-0.15, -0.1) is 0 Å². The molecule has 1 saturated heterocycles. The van der Waals surface area contributed by atoms with Gasteiger partial charge in [-0.05, 0) is 42.6 Å². The summed E-state index contributed by atoms with van der Waals surface area (Å²) in [4.78, 5) is 17.5.